The zero-order valence-electron chi connectivity index (χ0n) is 11.3. The van der Waals surface area contributed by atoms with Gasteiger partial charge in [-0.05, 0) is 0 Å². The van der Waals surface area contributed by atoms with E-state index >= 15 is 0 Å². The number of nitrogens with one attached hydrogen (secondary N) is 1. The third-order valence-electron chi connectivity index (χ3n) is 2.79. The second kappa shape index (κ2) is 5.95. The Labute approximate surface area is 123 Å². The molecule has 1 atom stereocenters. The van der Waals surface area contributed by atoms with Crippen molar-refractivity contribution in [2.24, 2.45) is 10.7 Å². The first-order chi connectivity index (χ1) is 9.93. The highest BCUT2D eigenvalue weighted by atomic mass is 32.2. The quantitative estimate of drug-likeness (QED) is 0.730. The van der Waals surface area contributed by atoms with Crippen molar-refractivity contribution in [3.63, 3.8) is 0 Å². The number of rotatable bonds is 4. The number of ether oxygens (including phenoxy) is 1. The lowest BCUT2D eigenvalue weighted by molar-refractivity contribution is -0.142. The van der Waals surface area contributed by atoms with Gasteiger partial charge in [0.25, 0.3) is 5.91 Å². The molecule has 1 aliphatic heterocycles. The van der Waals surface area contributed by atoms with Gasteiger partial charge >= 0.3 is 5.97 Å². The predicted molar refractivity (Wildman–Crippen MR) is 75.0 cm³/mol. The highest BCUT2D eigenvalue weighted by molar-refractivity contribution is 8.15. The Morgan fingerprint density at radius 1 is 1.62 bits per heavy atom. The first-order valence-electron chi connectivity index (χ1n) is 5.87. The van der Waals surface area contributed by atoms with Crippen molar-refractivity contribution in [3.05, 3.63) is 12.0 Å². The van der Waals surface area contributed by atoms with Crippen LogP contribution in [0.3, 0.4) is 0 Å². The third kappa shape index (κ3) is 3.05. The van der Waals surface area contributed by atoms with E-state index in [1.807, 2.05) is 0 Å². The Bertz CT molecular complexity index is 626. The summed E-state index contributed by atoms with van der Waals surface area (Å²) in [6, 6.07) is 0. The summed E-state index contributed by atoms with van der Waals surface area (Å²) in [6.45, 7) is 0. The molecular weight excluding hydrogens is 298 g/mol. The number of esters is 1. The van der Waals surface area contributed by atoms with Crippen LogP contribution in [-0.4, -0.2) is 57.2 Å². The van der Waals surface area contributed by atoms with E-state index in [9.17, 15) is 14.4 Å². The molecule has 0 spiro atoms. The molecule has 2 heterocycles. The molecule has 112 valence electrons. The van der Waals surface area contributed by atoms with Crippen LogP contribution in [0, 0.1) is 0 Å². The SMILES string of the molecule is COC(=O)C[C@H]1SC(=Nc2nc[nH]c2C(N)=O)N(C)C1=O. The molecule has 9 nitrogen and oxygen atoms in total. The van der Waals surface area contributed by atoms with E-state index in [4.69, 9.17) is 5.73 Å². The van der Waals surface area contributed by atoms with E-state index in [2.05, 4.69) is 19.7 Å². The summed E-state index contributed by atoms with van der Waals surface area (Å²) < 4.78 is 4.55. The van der Waals surface area contributed by atoms with Crippen LogP contribution >= 0.6 is 11.8 Å². The molecule has 0 bridgehead atoms. The van der Waals surface area contributed by atoms with E-state index in [-0.39, 0.29) is 23.8 Å². The molecule has 1 aliphatic rings. The van der Waals surface area contributed by atoms with Gasteiger partial charge < -0.3 is 15.5 Å². The molecule has 0 radical (unpaired) electrons. The molecule has 1 aromatic heterocycles. The number of H-pyrrole nitrogens is 1. The first kappa shape index (κ1) is 15.0. The van der Waals surface area contributed by atoms with Crippen LogP contribution < -0.4 is 5.73 Å². The standard InChI is InChI=1S/C11H13N5O4S/c1-16-10(19)5(3-6(17)20-2)21-11(16)15-9-7(8(12)18)13-4-14-9/h4-5H,3H2,1-2H3,(H2,12,18)(H,13,14)/t5-/m1/s1. The molecule has 0 aliphatic carbocycles. The molecule has 0 unspecified atom stereocenters. The number of methoxy groups -OCH3 is 1. The number of hydrogen-bond acceptors (Lipinski definition) is 7. The summed E-state index contributed by atoms with van der Waals surface area (Å²) in [5, 5.41) is -0.263. The van der Waals surface area contributed by atoms with Gasteiger partial charge in [0.1, 0.15) is 5.25 Å². The monoisotopic (exact) mass is 311 g/mol. The number of aliphatic imine (C=N–C) groups is 1. The number of amidine groups is 1. The van der Waals surface area contributed by atoms with Crippen molar-refractivity contribution >= 4 is 40.5 Å². The van der Waals surface area contributed by atoms with Crippen LogP contribution in [0.1, 0.15) is 16.9 Å². The molecule has 3 N–H and O–H groups in total. The summed E-state index contributed by atoms with van der Waals surface area (Å²) in [5.74, 6) is -1.34. The summed E-state index contributed by atoms with van der Waals surface area (Å²) in [4.78, 5) is 46.4. The Morgan fingerprint density at radius 3 is 2.95 bits per heavy atom. The number of aromatic amines is 1. The fraction of sp³-hybridized carbons (Fsp3) is 0.364. The maximum atomic E-state index is 12.0. The molecular formula is C11H13N5O4S. The number of hydrogen-bond donors (Lipinski definition) is 2. The van der Waals surface area contributed by atoms with Gasteiger partial charge in [-0.25, -0.2) is 9.98 Å². The summed E-state index contributed by atoms with van der Waals surface area (Å²) in [7, 11) is 2.79. The van der Waals surface area contributed by atoms with Gasteiger partial charge in [-0.3, -0.25) is 19.3 Å². The van der Waals surface area contributed by atoms with E-state index in [0.717, 1.165) is 11.8 Å². The zero-order chi connectivity index (χ0) is 15.6. The number of aromatic nitrogens is 2. The van der Waals surface area contributed by atoms with E-state index < -0.39 is 17.1 Å². The molecule has 0 aromatic carbocycles. The normalized spacial score (nSPS) is 20.1. The summed E-state index contributed by atoms with van der Waals surface area (Å²) in [6.07, 6.45) is 1.24. The lowest BCUT2D eigenvalue weighted by atomic mass is 10.3. The predicted octanol–water partition coefficient (Wildman–Crippen LogP) is -0.367. The lowest BCUT2D eigenvalue weighted by Gasteiger charge is -2.07. The van der Waals surface area contributed by atoms with E-state index in [1.54, 1.807) is 0 Å². The first-order valence-corrected chi connectivity index (χ1v) is 6.75. The van der Waals surface area contributed by atoms with Crippen molar-refractivity contribution in [1.29, 1.82) is 0 Å². The van der Waals surface area contributed by atoms with Gasteiger partial charge in [-0.1, -0.05) is 11.8 Å². The average Bonchev–Trinajstić information content (AvgIpc) is 3.00. The number of carbonyl (C=O) groups excluding carboxylic acids is 3. The minimum Gasteiger partial charge on any atom is -0.469 e. The number of imidazole rings is 1. The van der Waals surface area contributed by atoms with Gasteiger partial charge in [0.05, 0.1) is 19.9 Å². The summed E-state index contributed by atoms with van der Waals surface area (Å²) in [5.41, 5.74) is 5.23. The zero-order valence-corrected chi connectivity index (χ0v) is 12.1. The second-order valence-corrected chi connectivity index (χ2v) is 5.31. The van der Waals surface area contributed by atoms with E-state index in [0.29, 0.717) is 5.17 Å². The topological polar surface area (TPSA) is 131 Å². The summed E-state index contributed by atoms with van der Waals surface area (Å²) >= 11 is 1.11. The van der Waals surface area contributed by atoms with Crippen molar-refractivity contribution in [2.75, 3.05) is 14.2 Å². The molecule has 1 aromatic rings. The molecule has 0 saturated carbocycles. The van der Waals surface area contributed by atoms with Crippen LogP contribution in [-0.2, 0) is 14.3 Å². The molecule has 10 heteroatoms. The Balaban J connectivity index is 2.22. The second-order valence-electron chi connectivity index (χ2n) is 4.14. The largest absolute Gasteiger partial charge is 0.469 e. The van der Waals surface area contributed by atoms with Gasteiger partial charge in [0, 0.05) is 7.05 Å². The highest BCUT2D eigenvalue weighted by Crippen LogP contribution is 2.30. The highest BCUT2D eigenvalue weighted by Gasteiger charge is 2.37. The van der Waals surface area contributed by atoms with Crippen molar-refractivity contribution in [3.8, 4) is 0 Å². The molecule has 2 amide bonds. The smallest absolute Gasteiger partial charge is 0.307 e. The minimum absolute atomic E-state index is 0.0490. The van der Waals surface area contributed by atoms with Crippen LogP contribution in [0.4, 0.5) is 5.82 Å². The number of nitrogens with zero attached hydrogens (tertiary/aromatic N) is 3. The number of primary amides is 1. The third-order valence-corrected chi connectivity index (χ3v) is 4.02. The Kier molecular flexibility index (Phi) is 4.26. The van der Waals surface area contributed by atoms with Crippen LogP contribution in [0.25, 0.3) is 0 Å². The number of amides is 2. The maximum Gasteiger partial charge on any atom is 0.307 e. The lowest BCUT2D eigenvalue weighted by Crippen LogP contribution is -2.29. The number of thioether (sulfide) groups is 1. The molecule has 1 fully saturated rings. The fourth-order valence-corrected chi connectivity index (χ4v) is 2.80. The fourth-order valence-electron chi connectivity index (χ4n) is 1.68. The van der Waals surface area contributed by atoms with Crippen LogP contribution in [0.2, 0.25) is 0 Å². The van der Waals surface area contributed by atoms with Gasteiger partial charge in [0.15, 0.2) is 16.7 Å². The van der Waals surface area contributed by atoms with Crippen molar-refractivity contribution < 1.29 is 19.1 Å². The minimum atomic E-state index is -0.699. The average molecular weight is 311 g/mol. The Hall–Kier alpha value is -2.36. The van der Waals surface area contributed by atoms with Crippen molar-refractivity contribution in [1.82, 2.24) is 14.9 Å². The van der Waals surface area contributed by atoms with E-state index in [1.165, 1.54) is 25.4 Å². The molecule has 2 rings (SSSR count). The van der Waals surface area contributed by atoms with Crippen LogP contribution in [0.15, 0.2) is 11.3 Å². The number of nitrogens with two attached hydrogens (primary N) is 1. The van der Waals surface area contributed by atoms with Gasteiger partial charge in [-0.2, -0.15) is 0 Å². The Morgan fingerprint density at radius 2 is 2.33 bits per heavy atom. The maximum absolute atomic E-state index is 12.0. The van der Waals surface area contributed by atoms with Gasteiger partial charge in [0.2, 0.25) is 5.91 Å². The van der Waals surface area contributed by atoms with Crippen molar-refractivity contribution in [2.45, 2.75) is 11.7 Å². The molecule has 1 saturated heterocycles. The van der Waals surface area contributed by atoms with Gasteiger partial charge in [-0.15, -0.1) is 0 Å². The number of carbonyl (C=O) groups is 3. The van der Waals surface area contributed by atoms with Crippen LogP contribution in [0.5, 0.6) is 0 Å². The molecule has 21 heavy (non-hydrogen) atoms.